The minimum atomic E-state index is 1.03. The fourth-order valence-electron chi connectivity index (χ4n) is 3.43. The second-order valence-electron chi connectivity index (χ2n) is 5.58. The van der Waals surface area contributed by atoms with Crippen molar-refractivity contribution < 1.29 is 0 Å². The molecule has 3 aromatic rings. The van der Waals surface area contributed by atoms with Crippen LogP contribution in [0, 0.1) is 13.8 Å². The van der Waals surface area contributed by atoms with Crippen LogP contribution in [0.1, 0.15) is 11.1 Å². The lowest BCUT2D eigenvalue weighted by Gasteiger charge is -2.11. The Bertz CT molecular complexity index is 861. The van der Waals surface area contributed by atoms with Gasteiger partial charge in [-0.15, -0.1) is 33.7 Å². The molecular formula is C18H16N2S2. The third kappa shape index (κ3) is 1.71. The van der Waals surface area contributed by atoms with Crippen LogP contribution in [0.2, 0.25) is 0 Å². The van der Waals surface area contributed by atoms with Crippen molar-refractivity contribution in [3.8, 4) is 22.3 Å². The van der Waals surface area contributed by atoms with Gasteiger partial charge in [-0.25, -0.2) is 0 Å². The summed E-state index contributed by atoms with van der Waals surface area (Å²) in [5.41, 5.74) is 7.88. The zero-order valence-electron chi connectivity index (χ0n) is 13.0. The molecule has 0 bridgehead atoms. The highest BCUT2D eigenvalue weighted by Crippen LogP contribution is 2.54. The molecule has 0 aliphatic heterocycles. The summed E-state index contributed by atoms with van der Waals surface area (Å²) in [6.45, 7) is 4.39. The fourth-order valence-corrected chi connectivity index (χ4v) is 4.49. The first-order valence-corrected chi connectivity index (χ1v) is 9.64. The number of aromatic nitrogens is 2. The smallest absolute Gasteiger partial charge is 0.127 e. The van der Waals surface area contributed by atoms with Gasteiger partial charge in [-0.1, -0.05) is 24.3 Å². The van der Waals surface area contributed by atoms with E-state index in [-0.39, 0.29) is 0 Å². The Morgan fingerprint density at radius 2 is 1.14 bits per heavy atom. The monoisotopic (exact) mass is 324 g/mol. The molecule has 4 heteroatoms. The maximum Gasteiger partial charge on any atom is 0.127 e. The Balaban J connectivity index is 2.29. The van der Waals surface area contributed by atoms with E-state index in [4.69, 9.17) is 0 Å². The second kappa shape index (κ2) is 5.00. The molecule has 2 nitrogen and oxygen atoms in total. The number of hydrogen-bond donors (Lipinski definition) is 0. The average molecular weight is 324 g/mol. The summed E-state index contributed by atoms with van der Waals surface area (Å²) in [7, 11) is 0. The van der Waals surface area contributed by atoms with E-state index in [9.17, 15) is 0 Å². The molecule has 0 spiro atoms. The predicted octanol–water partition coefficient (Wildman–Crippen LogP) is 5.34. The van der Waals surface area contributed by atoms with Crippen molar-refractivity contribution in [2.45, 2.75) is 23.9 Å². The van der Waals surface area contributed by atoms with Crippen molar-refractivity contribution >= 4 is 34.3 Å². The lowest BCUT2D eigenvalue weighted by atomic mass is 9.97. The van der Waals surface area contributed by atoms with E-state index in [0.29, 0.717) is 0 Å². The quantitative estimate of drug-likeness (QED) is 0.465. The van der Waals surface area contributed by atoms with Crippen molar-refractivity contribution in [2.75, 3.05) is 12.5 Å². The SMILES string of the molecule is CSc1nnc(SC)c2c1-c1c(C)ccc3ccc(C)c-2c13. The van der Waals surface area contributed by atoms with E-state index in [1.54, 1.807) is 23.5 Å². The highest BCUT2D eigenvalue weighted by molar-refractivity contribution is 7.99. The second-order valence-corrected chi connectivity index (χ2v) is 7.17. The maximum absolute atomic E-state index is 4.47. The topological polar surface area (TPSA) is 25.8 Å². The van der Waals surface area contributed by atoms with Crippen LogP contribution < -0.4 is 0 Å². The van der Waals surface area contributed by atoms with Crippen molar-refractivity contribution in [3.63, 3.8) is 0 Å². The molecule has 1 aliphatic rings. The van der Waals surface area contributed by atoms with Crippen LogP contribution in [-0.4, -0.2) is 22.7 Å². The number of hydrogen-bond acceptors (Lipinski definition) is 4. The van der Waals surface area contributed by atoms with Crippen LogP contribution >= 0.6 is 23.5 Å². The van der Waals surface area contributed by atoms with E-state index in [1.807, 2.05) is 0 Å². The minimum absolute atomic E-state index is 1.03. The van der Waals surface area contributed by atoms with Crippen molar-refractivity contribution in [3.05, 3.63) is 35.4 Å². The van der Waals surface area contributed by atoms with Gasteiger partial charge in [-0.2, -0.15) is 0 Å². The molecule has 0 fully saturated rings. The van der Waals surface area contributed by atoms with Gasteiger partial charge in [0.2, 0.25) is 0 Å². The lowest BCUT2D eigenvalue weighted by Crippen LogP contribution is -1.95. The molecule has 1 heterocycles. The zero-order chi connectivity index (χ0) is 15.4. The molecule has 0 radical (unpaired) electrons. The normalized spacial score (nSPS) is 12.0. The number of nitrogens with zero attached hydrogens (tertiary/aromatic N) is 2. The first-order chi connectivity index (χ1) is 10.7. The zero-order valence-corrected chi connectivity index (χ0v) is 14.7. The molecule has 0 amide bonds. The largest absolute Gasteiger partial charge is 0.142 e. The molecule has 0 atom stereocenters. The van der Waals surface area contributed by atoms with Crippen LogP contribution in [0.25, 0.3) is 33.0 Å². The molecule has 0 N–H and O–H groups in total. The van der Waals surface area contributed by atoms with Crippen LogP contribution in [-0.2, 0) is 0 Å². The van der Waals surface area contributed by atoms with Gasteiger partial charge in [0.1, 0.15) is 10.1 Å². The first kappa shape index (κ1) is 14.1. The van der Waals surface area contributed by atoms with Crippen LogP contribution in [0.15, 0.2) is 34.3 Å². The number of thioether (sulfide) groups is 2. The number of rotatable bonds is 2. The number of aryl methyl sites for hydroxylation is 2. The van der Waals surface area contributed by atoms with Gasteiger partial charge in [-0.05, 0) is 59.4 Å². The van der Waals surface area contributed by atoms with Gasteiger partial charge in [0, 0.05) is 11.1 Å². The average Bonchev–Trinajstić information content (AvgIpc) is 2.90. The molecule has 1 aromatic heterocycles. The summed E-state index contributed by atoms with van der Waals surface area (Å²) >= 11 is 3.36. The van der Waals surface area contributed by atoms with Gasteiger partial charge in [-0.3, -0.25) is 0 Å². The van der Waals surface area contributed by atoms with Gasteiger partial charge >= 0.3 is 0 Å². The van der Waals surface area contributed by atoms with E-state index in [1.165, 1.54) is 44.2 Å². The van der Waals surface area contributed by atoms with Crippen molar-refractivity contribution in [1.29, 1.82) is 0 Å². The molecule has 22 heavy (non-hydrogen) atoms. The lowest BCUT2D eigenvalue weighted by molar-refractivity contribution is 0.867. The Morgan fingerprint density at radius 1 is 0.682 bits per heavy atom. The van der Waals surface area contributed by atoms with Gasteiger partial charge in [0.15, 0.2) is 0 Å². The fraction of sp³-hybridized carbons (Fsp3) is 0.222. The Kier molecular flexibility index (Phi) is 3.20. The Labute approximate surface area is 138 Å². The van der Waals surface area contributed by atoms with Crippen LogP contribution in [0.5, 0.6) is 0 Å². The molecule has 0 unspecified atom stereocenters. The molecule has 110 valence electrons. The summed E-state index contributed by atoms with van der Waals surface area (Å²) in [5, 5.41) is 13.7. The van der Waals surface area contributed by atoms with Crippen molar-refractivity contribution in [1.82, 2.24) is 10.2 Å². The first-order valence-electron chi connectivity index (χ1n) is 7.19. The predicted molar refractivity (Wildman–Crippen MR) is 97.0 cm³/mol. The van der Waals surface area contributed by atoms with Gasteiger partial charge in [0.05, 0.1) is 0 Å². The maximum atomic E-state index is 4.47. The third-order valence-corrected chi connectivity index (χ3v) is 5.74. The molecule has 2 aromatic carbocycles. The number of benzene rings is 2. The minimum Gasteiger partial charge on any atom is -0.142 e. The standard InChI is InChI=1S/C18H16N2S2/c1-9-5-7-11-8-6-10(2)13-14(11)12(9)15-16(13)18(22-4)20-19-17(15)21-3/h5-8H,1-4H3. The molecule has 1 aliphatic carbocycles. The Morgan fingerprint density at radius 3 is 1.55 bits per heavy atom. The van der Waals surface area contributed by atoms with Crippen LogP contribution in [0.3, 0.4) is 0 Å². The molecule has 0 saturated heterocycles. The third-order valence-electron chi connectivity index (χ3n) is 4.40. The van der Waals surface area contributed by atoms with E-state index in [0.717, 1.165) is 10.1 Å². The summed E-state index contributed by atoms with van der Waals surface area (Å²) in [5.74, 6) is 0. The molecule has 4 rings (SSSR count). The Hall–Kier alpha value is -1.52. The van der Waals surface area contributed by atoms with Crippen molar-refractivity contribution in [2.24, 2.45) is 0 Å². The number of fused-ring (bicyclic) bond motifs is 3. The van der Waals surface area contributed by atoms with Gasteiger partial charge in [0.25, 0.3) is 0 Å². The summed E-state index contributed by atoms with van der Waals surface area (Å²) in [6, 6.07) is 8.88. The van der Waals surface area contributed by atoms with E-state index >= 15 is 0 Å². The highest BCUT2D eigenvalue weighted by Gasteiger charge is 2.30. The summed E-state index contributed by atoms with van der Waals surface area (Å²) < 4.78 is 0. The highest BCUT2D eigenvalue weighted by atomic mass is 32.2. The van der Waals surface area contributed by atoms with E-state index < -0.39 is 0 Å². The summed E-state index contributed by atoms with van der Waals surface area (Å²) in [6.07, 6.45) is 4.16. The van der Waals surface area contributed by atoms with E-state index in [2.05, 4.69) is 60.8 Å². The van der Waals surface area contributed by atoms with Crippen LogP contribution in [0.4, 0.5) is 0 Å². The molecule has 0 saturated carbocycles. The summed E-state index contributed by atoms with van der Waals surface area (Å²) in [4.78, 5) is 0. The molecular weight excluding hydrogens is 308 g/mol. The van der Waals surface area contributed by atoms with Gasteiger partial charge < -0.3 is 0 Å².